The quantitative estimate of drug-likeness (QED) is 0.715. The van der Waals surface area contributed by atoms with E-state index in [1.165, 1.54) is 0 Å². The van der Waals surface area contributed by atoms with E-state index < -0.39 is 0 Å². The molecule has 0 radical (unpaired) electrons. The first-order valence-corrected chi connectivity index (χ1v) is 6.88. The van der Waals surface area contributed by atoms with Crippen molar-refractivity contribution >= 4 is 12.6 Å². The molecule has 2 rings (SSSR count). The third-order valence-corrected chi connectivity index (χ3v) is 4.36. The molecule has 6 atom stereocenters. The standard InChI is InChI=1S/C12H23NO3S/c1-14-5-11-12(15-2)8(9(13)6-17)3-7-4-10(7)16-11/h7-12,17H,3-6,13H2,1-2H3. The van der Waals surface area contributed by atoms with Gasteiger partial charge in [0, 0.05) is 31.9 Å². The highest BCUT2D eigenvalue weighted by molar-refractivity contribution is 7.80. The van der Waals surface area contributed by atoms with E-state index >= 15 is 0 Å². The molecular weight excluding hydrogens is 238 g/mol. The lowest BCUT2D eigenvalue weighted by Crippen LogP contribution is -2.47. The first-order chi connectivity index (χ1) is 8.21. The maximum absolute atomic E-state index is 6.17. The first-order valence-electron chi connectivity index (χ1n) is 6.24. The van der Waals surface area contributed by atoms with Gasteiger partial charge in [0.25, 0.3) is 0 Å². The van der Waals surface area contributed by atoms with Crippen LogP contribution in [0.3, 0.4) is 0 Å². The molecule has 2 N–H and O–H groups in total. The highest BCUT2D eigenvalue weighted by Crippen LogP contribution is 2.45. The van der Waals surface area contributed by atoms with Crippen molar-refractivity contribution in [3.63, 3.8) is 0 Å². The van der Waals surface area contributed by atoms with Gasteiger partial charge in [-0.3, -0.25) is 0 Å². The molecule has 0 amide bonds. The van der Waals surface area contributed by atoms with E-state index in [9.17, 15) is 0 Å². The Morgan fingerprint density at radius 2 is 2.18 bits per heavy atom. The number of ether oxygens (including phenoxy) is 3. The average Bonchev–Trinajstić information content (AvgIpc) is 3.06. The van der Waals surface area contributed by atoms with E-state index in [1.54, 1.807) is 14.2 Å². The van der Waals surface area contributed by atoms with Crippen molar-refractivity contribution in [2.75, 3.05) is 26.6 Å². The van der Waals surface area contributed by atoms with Gasteiger partial charge in [0.1, 0.15) is 6.10 Å². The lowest BCUT2D eigenvalue weighted by atomic mass is 9.87. The Bertz CT molecular complexity index is 254. The van der Waals surface area contributed by atoms with Crippen molar-refractivity contribution < 1.29 is 14.2 Å². The third-order valence-electron chi connectivity index (χ3n) is 3.93. The summed E-state index contributed by atoms with van der Waals surface area (Å²) in [4.78, 5) is 0. The Hall–Kier alpha value is 0.190. The molecule has 17 heavy (non-hydrogen) atoms. The fraction of sp³-hybridized carbons (Fsp3) is 1.00. The van der Waals surface area contributed by atoms with Gasteiger partial charge in [-0.2, -0.15) is 12.6 Å². The van der Waals surface area contributed by atoms with Gasteiger partial charge >= 0.3 is 0 Å². The van der Waals surface area contributed by atoms with E-state index in [1.807, 2.05) is 0 Å². The third kappa shape index (κ3) is 2.96. The maximum Gasteiger partial charge on any atom is 0.108 e. The van der Waals surface area contributed by atoms with Crippen LogP contribution in [0.15, 0.2) is 0 Å². The van der Waals surface area contributed by atoms with Crippen LogP contribution in [0.1, 0.15) is 12.8 Å². The minimum absolute atomic E-state index is 0.00145. The molecule has 1 aliphatic carbocycles. The zero-order chi connectivity index (χ0) is 12.4. The van der Waals surface area contributed by atoms with Crippen LogP contribution in [0, 0.1) is 11.8 Å². The SMILES string of the molecule is COCC1OC2CC2CC(C(N)CS)C1OC. The highest BCUT2D eigenvalue weighted by Gasteiger charge is 2.49. The molecule has 1 aliphatic heterocycles. The molecule has 1 saturated heterocycles. The Morgan fingerprint density at radius 1 is 1.41 bits per heavy atom. The molecule has 6 unspecified atom stereocenters. The summed E-state index contributed by atoms with van der Waals surface area (Å²) in [7, 11) is 3.42. The number of hydrogen-bond donors (Lipinski definition) is 2. The van der Waals surface area contributed by atoms with Crippen molar-refractivity contribution in [2.24, 2.45) is 17.6 Å². The van der Waals surface area contributed by atoms with Crippen LogP contribution >= 0.6 is 12.6 Å². The van der Waals surface area contributed by atoms with Crippen LogP contribution in [0.5, 0.6) is 0 Å². The molecule has 5 heteroatoms. The molecule has 4 nitrogen and oxygen atoms in total. The number of fused-ring (bicyclic) bond motifs is 1. The zero-order valence-electron chi connectivity index (χ0n) is 10.5. The fourth-order valence-corrected chi connectivity index (χ4v) is 3.15. The predicted octanol–water partition coefficient (Wildman–Crippen LogP) is 0.699. The van der Waals surface area contributed by atoms with Gasteiger partial charge in [0.2, 0.25) is 0 Å². The van der Waals surface area contributed by atoms with Crippen LogP contribution in [0.4, 0.5) is 0 Å². The van der Waals surface area contributed by atoms with E-state index in [0.29, 0.717) is 30.3 Å². The van der Waals surface area contributed by atoms with E-state index in [0.717, 1.165) is 12.8 Å². The minimum Gasteiger partial charge on any atom is -0.382 e. The largest absolute Gasteiger partial charge is 0.382 e. The summed E-state index contributed by atoms with van der Waals surface area (Å²) in [6.07, 6.45) is 2.66. The lowest BCUT2D eigenvalue weighted by molar-refractivity contribution is -0.105. The topological polar surface area (TPSA) is 53.7 Å². The normalized spacial score (nSPS) is 42.7. The molecule has 2 fully saturated rings. The molecule has 0 bridgehead atoms. The average molecular weight is 261 g/mol. The second-order valence-corrected chi connectivity index (χ2v) is 5.48. The summed E-state index contributed by atoms with van der Waals surface area (Å²) in [5.41, 5.74) is 6.17. The van der Waals surface area contributed by atoms with Crippen LogP contribution in [-0.4, -0.2) is 50.9 Å². The van der Waals surface area contributed by atoms with E-state index in [-0.39, 0.29) is 18.2 Å². The Balaban J connectivity index is 2.10. The smallest absolute Gasteiger partial charge is 0.108 e. The highest BCUT2D eigenvalue weighted by atomic mass is 32.1. The summed E-state index contributed by atoms with van der Waals surface area (Å²) in [6, 6.07) is 0.0607. The number of hydrogen-bond acceptors (Lipinski definition) is 5. The molecule has 1 heterocycles. The van der Waals surface area contributed by atoms with Gasteiger partial charge in [0.05, 0.1) is 18.8 Å². The maximum atomic E-state index is 6.17. The van der Waals surface area contributed by atoms with Crippen LogP contribution in [0.25, 0.3) is 0 Å². The predicted molar refractivity (Wildman–Crippen MR) is 69.4 cm³/mol. The van der Waals surface area contributed by atoms with Gasteiger partial charge < -0.3 is 19.9 Å². The Kier molecular flexibility index (Phi) is 4.72. The monoisotopic (exact) mass is 261 g/mol. The Labute approximate surface area is 109 Å². The second-order valence-electron chi connectivity index (χ2n) is 5.11. The van der Waals surface area contributed by atoms with Crippen molar-refractivity contribution in [3.8, 4) is 0 Å². The van der Waals surface area contributed by atoms with Crippen LogP contribution in [0.2, 0.25) is 0 Å². The van der Waals surface area contributed by atoms with Crippen molar-refractivity contribution in [1.82, 2.24) is 0 Å². The van der Waals surface area contributed by atoms with Gasteiger partial charge in [-0.25, -0.2) is 0 Å². The summed E-state index contributed by atoms with van der Waals surface area (Å²) >= 11 is 4.31. The molecular formula is C12H23NO3S. The number of nitrogens with two attached hydrogens (primary N) is 1. The summed E-state index contributed by atoms with van der Waals surface area (Å²) in [6.45, 7) is 0.567. The Morgan fingerprint density at radius 3 is 2.76 bits per heavy atom. The summed E-state index contributed by atoms with van der Waals surface area (Å²) in [5.74, 6) is 1.65. The molecule has 0 aromatic carbocycles. The molecule has 100 valence electrons. The molecule has 0 aromatic heterocycles. The van der Waals surface area contributed by atoms with Crippen molar-refractivity contribution in [3.05, 3.63) is 0 Å². The van der Waals surface area contributed by atoms with Gasteiger partial charge in [-0.15, -0.1) is 0 Å². The van der Waals surface area contributed by atoms with E-state index in [4.69, 9.17) is 19.9 Å². The summed E-state index contributed by atoms with van der Waals surface area (Å²) < 4.78 is 16.9. The van der Waals surface area contributed by atoms with Gasteiger partial charge in [0.15, 0.2) is 0 Å². The zero-order valence-corrected chi connectivity index (χ0v) is 11.4. The first kappa shape index (κ1) is 13.6. The van der Waals surface area contributed by atoms with Crippen molar-refractivity contribution in [2.45, 2.75) is 37.2 Å². The lowest BCUT2D eigenvalue weighted by Gasteiger charge is -2.33. The number of thiol groups is 1. The molecule has 1 saturated carbocycles. The van der Waals surface area contributed by atoms with Crippen LogP contribution < -0.4 is 5.73 Å². The van der Waals surface area contributed by atoms with Gasteiger partial charge in [-0.1, -0.05) is 0 Å². The van der Waals surface area contributed by atoms with Crippen LogP contribution in [-0.2, 0) is 14.2 Å². The van der Waals surface area contributed by atoms with Crippen molar-refractivity contribution in [1.29, 1.82) is 0 Å². The fourth-order valence-electron chi connectivity index (χ4n) is 2.87. The number of methoxy groups -OCH3 is 2. The molecule has 2 aliphatic rings. The molecule has 0 aromatic rings. The van der Waals surface area contributed by atoms with E-state index in [2.05, 4.69) is 12.6 Å². The van der Waals surface area contributed by atoms with Gasteiger partial charge in [-0.05, 0) is 18.8 Å². The minimum atomic E-state index is -0.00145. The number of rotatable bonds is 5. The molecule has 0 spiro atoms. The summed E-state index contributed by atoms with van der Waals surface area (Å²) in [5, 5.41) is 0. The second kappa shape index (κ2) is 5.89.